The highest BCUT2D eigenvalue weighted by molar-refractivity contribution is 6.00. The zero-order valence-corrected chi connectivity index (χ0v) is 14.3. The van der Waals surface area contributed by atoms with Crippen molar-refractivity contribution in [3.8, 4) is 22.6 Å². The second-order valence-corrected chi connectivity index (χ2v) is 6.69. The Hall–Kier alpha value is -3.14. The third kappa shape index (κ3) is 2.37. The fourth-order valence-corrected chi connectivity index (χ4v) is 3.95. The van der Waals surface area contributed by atoms with Crippen LogP contribution in [0.1, 0.15) is 17.5 Å². The van der Waals surface area contributed by atoms with Crippen molar-refractivity contribution in [2.75, 3.05) is 11.4 Å². The van der Waals surface area contributed by atoms with Crippen LogP contribution in [0, 0.1) is 0 Å². The van der Waals surface area contributed by atoms with Crippen molar-refractivity contribution in [1.29, 1.82) is 0 Å². The van der Waals surface area contributed by atoms with Crippen molar-refractivity contribution in [3.05, 3.63) is 72.1 Å². The highest BCUT2D eigenvalue weighted by Gasteiger charge is 2.35. The van der Waals surface area contributed by atoms with Crippen molar-refractivity contribution in [2.45, 2.75) is 19.3 Å². The van der Waals surface area contributed by atoms with Crippen LogP contribution in [0.15, 0.2) is 60.9 Å². The molecule has 0 radical (unpaired) electrons. The van der Waals surface area contributed by atoms with Crippen molar-refractivity contribution in [2.24, 2.45) is 0 Å². The van der Waals surface area contributed by atoms with Crippen molar-refractivity contribution < 1.29 is 9.53 Å². The standard InChI is InChI=1S/C22H18N2O2/c25-20-9-8-15-13-19(16-5-4-11-23-14-16)22(18-10-12-24(20)21(15)18)26-17-6-2-1-3-7-17/h1-7,11,13-14H,8-10,12H2. The first kappa shape index (κ1) is 15.1. The topological polar surface area (TPSA) is 42.4 Å². The molecule has 0 saturated heterocycles. The minimum absolute atomic E-state index is 0.219. The average Bonchev–Trinajstić information content (AvgIpc) is 3.14. The van der Waals surface area contributed by atoms with Crippen LogP contribution in [-0.4, -0.2) is 17.4 Å². The van der Waals surface area contributed by atoms with E-state index in [1.807, 2.05) is 47.5 Å². The fraction of sp³-hybridized carbons (Fsp3) is 0.182. The molecule has 2 aromatic carbocycles. The molecule has 1 amide bonds. The Bertz CT molecular complexity index is 984. The number of para-hydroxylation sites is 1. The molecule has 128 valence electrons. The number of benzene rings is 2. The molecule has 0 atom stereocenters. The summed E-state index contributed by atoms with van der Waals surface area (Å²) in [6.45, 7) is 0.739. The third-order valence-corrected chi connectivity index (χ3v) is 5.13. The Morgan fingerprint density at radius 3 is 2.69 bits per heavy atom. The predicted molar refractivity (Wildman–Crippen MR) is 101 cm³/mol. The highest BCUT2D eigenvalue weighted by Crippen LogP contribution is 2.48. The van der Waals surface area contributed by atoms with Gasteiger partial charge in [-0.05, 0) is 42.7 Å². The smallest absolute Gasteiger partial charge is 0.227 e. The van der Waals surface area contributed by atoms with Crippen LogP contribution in [-0.2, 0) is 17.6 Å². The molecule has 3 heterocycles. The number of rotatable bonds is 3. The molecule has 0 spiro atoms. The number of nitrogens with zero attached hydrogens (tertiary/aromatic N) is 2. The van der Waals surface area contributed by atoms with Gasteiger partial charge in [-0.3, -0.25) is 9.78 Å². The molecule has 3 aromatic rings. The summed E-state index contributed by atoms with van der Waals surface area (Å²) in [7, 11) is 0. The Labute approximate surface area is 152 Å². The molecular weight excluding hydrogens is 324 g/mol. The zero-order chi connectivity index (χ0) is 17.5. The lowest BCUT2D eigenvalue weighted by molar-refractivity contribution is -0.118. The summed E-state index contributed by atoms with van der Waals surface area (Å²) >= 11 is 0. The summed E-state index contributed by atoms with van der Waals surface area (Å²) < 4.78 is 6.35. The maximum absolute atomic E-state index is 12.3. The number of carbonyl (C=O) groups excluding carboxylic acids is 1. The Balaban J connectivity index is 1.73. The highest BCUT2D eigenvalue weighted by atomic mass is 16.5. The number of hydrogen-bond donors (Lipinski definition) is 0. The number of hydrogen-bond acceptors (Lipinski definition) is 3. The van der Waals surface area contributed by atoms with E-state index in [4.69, 9.17) is 4.74 Å². The van der Waals surface area contributed by atoms with E-state index in [9.17, 15) is 4.79 Å². The van der Waals surface area contributed by atoms with Crippen LogP contribution in [0.3, 0.4) is 0 Å². The van der Waals surface area contributed by atoms with E-state index in [1.165, 1.54) is 5.56 Å². The van der Waals surface area contributed by atoms with Crippen LogP contribution in [0.5, 0.6) is 11.5 Å². The molecule has 2 aliphatic rings. The number of carbonyl (C=O) groups is 1. The van der Waals surface area contributed by atoms with E-state index in [2.05, 4.69) is 17.1 Å². The second-order valence-electron chi connectivity index (χ2n) is 6.69. The molecular formula is C22H18N2O2. The van der Waals surface area contributed by atoms with Gasteiger partial charge in [-0.1, -0.05) is 24.3 Å². The van der Waals surface area contributed by atoms with Crippen LogP contribution in [0.25, 0.3) is 11.1 Å². The quantitative estimate of drug-likeness (QED) is 0.709. The number of amides is 1. The second kappa shape index (κ2) is 5.99. The SMILES string of the molecule is O=C1CCc2cc(-c3cccnc3)c(Oc3ccccc3)c3c2N1CC3. The van der Waals surface area contributed by atoms with Crippen molar-refractivity contribution >= 4 is 11.6 Å². The van der Waals surface area contributed by atoms with Gasteiger partial charge < -0.3 is 9.64 Å². The molecule has 1 aromatic heterocycles. The molecule has 0 aliphatic carbocycles. The van der Waals surface area contributed by atoms with Gasteiger partial charge in [0.05, 0.1) is 5.69 Å². The van der Waals surface area contributed by atoms with Crippen molar-refractivity contribution in [1.82, 2.24) is 4.98 Å². The summed E-state index contributed by atoms with van der Waals surface area (Å²) in [5.41, 5.74) is 5.52. The molecule has 26 heavy (non-hydrogen) atoms. The van der Waals surface area contributed by atoms with Gasteiger partial charge in [-0.25, -0.2) is 0 Å². The average molecular weight is 342 g/mol. The lowest BCUT2D eigenvalue weighted by atomic mass is 9.93. The molecule has 0 N–H and O–H groups in total. The molecule has 5 rings (SSSR count). The summed E-state index contributed by atoms with van der Waals surface area (Å²) in [4.78, 5) is 18.5. The Morgan fingerprint density at radius 1 is 1.00 bits per heavy atom. The summed E-state index contributed by atoms with van der Waals surface area (Å²) in [6.07, 6.45) is 5.84. The van der Waals surface area contributed by atoms with Crippen LogP contribution < -0.4 is 9.64 Å². The van der Waals surface area contributed by atoms with E-state index in [1.54, 1.807) is 6.20 Å². The summed E-state index contributed by atoms with van der Waals surface area (Å²) in [5, 5.41) is 0. The molecule has 0 saturated carbocycles. The third-order valence-electron chi connectivity index (χ3n) is 5.13. The van der Waals surface area contributed by atoms with Gasteiger partial charge in [0.2, 0.25) is 5.91 Å². The van der Waals surface area contributed by atoms with Gasteiger partial charge in [0.25, 0.3) is 0 Å². The van der Waals surface area contributed by atoms with E-state index in [0.29, 0.717) is 6.42 Å². The number of pyridine rings is 1. The minimum Gasteiger partial charge on any atom is -0.456 e. The maximum atomic E-state index is 12.3. The number of anilines is 1. The van der Waals surface area contributed by atoms with Gasteiger partial charge in [0.15, 0.2) is 0 Å². The molecule has 0 unspecified atom stereocenters. The summed E-state index contributed by atoms with van der Waals surface area (Å²) in [6, 6.07) is 16.0. The Morgan fingerprint density at radius 2 is 1.88 bits per heavy atom. The molecule has 0 bridgehead atoms. The molecule has 0 fully saturated rings. The van der Waals surface area contributed by atoms with Gasteiger partial charge >= 0.3 is 0 Å². The minimum atomic E-state index is 0.219. The Kier molecular flexibility index (Phi) is 3.49. The van der Waals surface area contributed by atoms with E-state index in [-0.39, 0.29) is 5.91 Å². The van der Waals surface area contributed by atoms with Gasteiger partial charge in [0.1, 0.15) is 11.5 Å². The summed E-state index contributed by atoms with van der Waals surface area (Å²) in [5.74, 6) is 1.87. The molecule has 4 heteroatoms. The van der Waals surface area contributed by atoms with Crippen LogP contribution in [0.4, 0.5) is 5.69 Å². The number of aryl methyl sites for hydroxylation is 1. The van der Waals surface area contributed by atoms with Gasteiger partial charge in [0, 0.05) is 42.0 Å². The van der Waals surface area contributed by atoms with Gasteiger partial charge in [-0.15, -0.1) is 0 Å². The van der Waals surface area contributed by atoms with Crippen LogP contribution in [0.2, 0.25) is 0 Å². The van der Waals surface area contributed by atoms with Gasteiger partial charge in [-0.2, -0.15) is 0 Å². The first-order chi connectivity index (χ1) is 12.8. The molecule has 4 nitrogen and oxygen atoms in total. The number of ether oxygens (including phenoxy) is 1. The van der Waals surface area contributed by atoms with Crippen molar-refractivity contribution in [3.63, 3.8) is 0 Å². The first-order valence-corrected chi connectivity index (χ1v) is 8.93. The van der Waals surface area contributed by atoms with Crippen LogP contribution >= 0.6 is 0 Å². The monoisotopic (exact) mass is 342 g/mol. The lowest BCUT2D eigenvalue weighted by Gasteiger charge is -2.27. The number of aromatic nitrogens is 1. The first-order valence-electron chi connectivity index (χ1n) is 8.93. The zero-order valence-electron chi connectivity index (χ0n) is 14.3. The predicted octanol–water partition coefficient (Wildman–Crippen LogP) is 4.38. The van der Waals surface area contributed by atoms with E-state index < -0.39 is 0 Å². The van der Waals surface area contributed by atoms with E-state index >= 15 is 0 Å². The maximum Gasteiger partial charge on any atom is 0.227 e. The lowest BCUT2D eigenvalue weighted by Crippen LogP contribution is -2.32. The fourth-order valence-electron chi connectivity index (χ4n) is 3.95. The molecule has 2 aliphatic heterocycles. The van der Waals surface area contributed by atoms with E-state index in [0.717, 1.165) is 53.3 Å². The largest absolute Gasteiger partial charge is 0.456 e. The normalized spacial score (nSPS) is 15.1.